The number of benzene rings is 2. The van der Waals surface area contributed by atoms with Crippen molar-refractivity contribution < 1.29 is 9.90 Å². The normalized spacial score (nSPS) is 12.1. The summed E-state index contributed by atoms with van der Waals surface area (Å²) in [7, 11) is 0. The average molecular weight is 254 g/mol. The number of rotatable bonds is 4. The largest absolute Gasteiger partial charge is 0.478 e. The van der Waals surface area contributed by atoms with Crippen LogP contribution < -0.4 is 0 Å². The lowest BCUT2D eigenvalue weighted by Gasteiger charge is -2.16. The molecule has 2 rings (SSSR count). The summed E-state index contributed by atoms with van der Waals surface area (Å²) in [5, 5.41) is 9.13. The molecule has 0 aliphatic heterocycles. The van der Waals surface area contributed by atoms with E-state index in [9.17, 15) is 4.79 Å². The second kappa shape index (κ2) is 5.70. The van der Waals surface area contributed by atoms with Crippen molar-refractivity contribution in [2.45, 2.75) is 26.2 Å². The summed E-state index contributed by atoms with van der Waals surface area (Å²) in [6.07, 6.45) is 0.989. The molecule has 2 nitrogen and oxygen atoms in total. The topological polar surface area (TPSA) is 37.3 Å². The van der Waals surface area contributed by atoms with Gasteiger partial charge in [-0.2, -0.15) is 0 Å². The van der Waals surface area contributed by atoms with E-state index in [0.29, 0.717) is 11.5 Å². The molecule has 0 heterocycles. The Morgan fingerprint density at radius 2 is 1.84 bits per heavy atom. The van der Waals surface area contributed by atoms with E-state index < -0.39 is 5.97 Å². The van der Waals surface area contributed by atoms with Gasteiger partial charge in [0, 0.05) is 0 Å². The SMILES string of the molecule is CCC(C)c1cc(C(=O)O)ccc1-c1ccccc1. The van der Waals surface area contributed by atoms with E-state index in [4.69, 9.17) is 5.11 Å². The van der Waals surface area contributed by atoms with Gasteiger partial charge in [0.15, 0.2) is 0 Å². The Bertz CT molecular complexity index is 573. The first-order valence-corrected chi connectivity index (χ1v) is 6.56. The van der Waals surface area contributed by atoms with Crippen molar-refractivity contribution in [3.63, 3.8) is 0 Å². The van der Waals surface area contributed by atoms with Gasteiger partial charge in [0.2, 0.25) is 0 Å². The molecule has 19 heavy (non-hydrogen) atoms. The number of hydrogen-bond acceptors (Lipinski definition) is 1. The Kier molecular flexibility index (Phi) is 4.00. The number of carboxylic acids is 1. The maximum atomic E-state index is 11.1. The Morgan fingerprint density at radius 1 is 1.16 bits per heavy atom. The van der Waals surface area contributed by atoms with Crippen LogP contribution in [-0.2, 0) is 0 Å². The molecule has 0 fully saturated rings. The lowest BCUT2D eigenvalue weighted by molar-refractivity contribution is 0.0697. The van der Waals surface area contributed by atoms with Crippen molar-refractivity contribution in [3.05, 3.63) is 59.7 Å². The van der Waals surface area contributed by atoms with Gasteiger partial charge < -0.3 is 5.11 Å². The van der Waals surface area contributed by atoms with Gasteiger partial charge in [0.1, 0.15) is 0 Å². The Labute approximate surface area is 113 Å². The molecule has 0 aliphatic carbocycles. The van der Waals surface area contributed by atoms with Crippen LogP contribution in [0.15, 0.2) is 48.5 Å². The monoisotopic (exact) mass is 254 g/mol. The van der Waals surface area contributed by atoms with E-state index in [0.717, 1.165) is 23.1 Å². The van der Waals surface area contributed by atoms with Crippen LogP contribution in [0.4, 0.5) is 0 Å². The minimum absolute atomic E-state index is 0.342. The fourth-order valence-electron chi connectivity index (χ4n) is 2.20. The maximum Gasteiger partial charge on any atom is 0.335 e. The summed E-state index contributed by atoms with van der Waals surface area (Å²) >= 11 is 0. The van der Waals surface area contributed by atoms with Crippen molar-refractivity contribution in [3.8, 4) is 11.1 Å². The van der Waals surface area contributed by atoms with Crippen molar-refractivity contribution in [2.75, 3.05) is 0 Å². The molecule has 2 aromatic rings. The van der Waals surface area contributed by atoms with E-state index in [2.05, 4.69) is 26.0 Å². The van der Waals surface area contributed by atoms with Crippen LogP contribution in [0.3, 0.4) is 0 Å². The molecule has 98 valence electrons. The number of carbonyl (C=O) groups is 1. The molecule has 1 atom stereocenters. The minimum Gasteiger partial charge on any atom is -0.478 e. The predicted molar refractivity (Wildman–Crippen MR) is 77.5 cm³/mol. The first kappa shape index (κ1) is 13.3. The fourth-order valence-corrected chi connectivity index (χ4v) is 2.20. The average Bonchev–Trinajstić information content (AvgIpc) is 2.46. The third-order valence-corrected chi connectivity index (χ3v) is 3.53. The summed E-state index contributed by atoms with van der Waals surface area (Å²) in [6.45, 7) is 4.25. The first-order chi connectivity index (χ1) is 9.13. The second-order valence-corrected chi connectivity index (χ2v) is 4.78. The zero-order valence-corrected chi connectivity index (χ0v) is 11.3. The molecule has 0 radical (unpaired) electrons. The third-order valence-electron chi connectivity index (χ3n) is 3.53. The maximum absolute atomic E-state index is 11.1. The Hall–Kier alpha value is -2.09. The summed E-state index contributed by atoms with van der Waals surface area (Å²) < 4.78 is 0. The minimum atomic E-state index is -0.871. The number of hydrogen-bond donors (Lipinski definition) is 1. The summed E-state index contributed by atoms with van der Waals surface area (Å²) in [6, 6.07) is 15.5. The van der Waals surface area contributed by atoms with Gasteiger partial charge in [-0.15, -0.1) is 0 Å². The van der Waals surface area contributed by atoms with E-state index in [1.807, 2.05) is 24.3 Å². The molecule has 0 aromatic heterocycles. The summed E-state index contributed by atoms with van der Waals surface area (Å²) in [5.74, 6) is -0.529. The van der Waals surface area contributed by atoms with Crippen LogP contribution >= 0.6 is 0 Å². The summed E-state index contributed by atoms with van der Waals surface area (Å²) in [4.78, 5) is 11.1. The van der Waals surface area contributed by atoms with Crippen LogP contribution in [0.25, 0.3) is 11.1 Å². The third kappa shape index (κ3) is 2.84. The van der Waals surface area contributed by atoms with Crippen molar-refractivity contribution in [2.24, 2.45) is 0 Å². The van der Waals surface area contributed by atoms with Gasteiger partial charge in [-0.25, -0.2) is 4.79 Å². The fraction of sp³-hybridized carbons (Fsp3) is 0.235. The molecule has 2 heteroatoms. The van der Waals surface area contributed by atoms with E-state index in [-0.39, 0.29) is 0 Å². The van der Waals surface area contributed by atoms with Crippen LogP contribution in [0.1, 0.15) is 42.1 Å². The molecular weight excluding hydrogens is 236 g/mol. The van der Waals surface area contributed by atoms with Crippen molar-refractivity contribution in [1.82, 2.24) is 0 Å². The van der Waals surface area contributed by atoms with Crippen LogP contribution in [0, 0.1) is 0 Å². The zero-order chi connectivity index (χ0) is 13.8. The van der Waals surface area contributed by atoms with Gasteiger partial charge in [-0.3, -0.25) is 0 Å². The number of carboxylic acid groups (broad SMARTS) is 1. The molecular formula is C17H18O2. The molecule has 1 N–H and O–H groups in total. The van der Waals surface area contributed by atoms with Crippen LogP contribution in [0.2, 0.25) is 0 Å². The Balaban J connectivity index is 2.57. The summed E-state index contributed by atoms with van der Waals surface area (Å²) in [5.41, 5.74) is 3.72. The smallest absolute Gasteiger partial charge is 0.335 e. The highest BCUT2D eigenvalue weighted by Gasteiger charge is 2.13. The molecule has 2 aromatic carbocycles. The van der Waals surface area contributed by atoms with Gasteiger partial charge in [-0.1, -0.05) is 50.2 Å². The predicted octanol–water partition coefficient (Wildman–Crippen LogP) is 4.57. The molecule has 0 spiro atoms. The first-order valence-electron chi connectivity index (χ1n) is 6.56. The standard InChI is InChI=1S/C17H18O2/c1-3-12(2)16-11-14(17(18)19)9-10-15(16)13-7-5-4-6-8-13/h4-12H,3H2,1-2H3,(H,18,19). The van der Waals surface area contributed by atoms with Crippen LogP contribution in [-0.4, -0.2) is 11.1 Å². The highest BCUT2D eigenvalue weighted by atomic mass is 16.4. The highest BCUT2D eigenvalue weighted by molar-refractivity contribution is 5.89. The lowest BCUT2D eigenvalue weighted by Crippen LogP contribution is -2.01. The van der Waals surface area contributed by atoms with Crippen molar-refractivity contribution >= 4 is 5.97 Å². The van der Waals surface area contributed by atoms with Gasteiger partial charge in [0.05, 0.1) is 5.56 Å². The van der Waals surface area contributed by atoms with E-state index in [1.54, 1.807) is 12.1 Å². The molecule has 0 amide bonds. The quantitative estimate of drug-likeness (QED) is 0.868. The molecule has 0 aliphatic rings. The Morgan fingerprint density at radius 3 is 2.42 bits per heavy atom. The van der Waals surface area contributed by atoms with Gasteiger partial charge in [0.25, 0.3) is 0 Å². The molecule has 1 unspecified atom stereocenters. The van der Waals surface area contributed by atoms with E-state index >= 15 is 0 Å². The highest BCUT2D eigenvalue weighted by Crippen LogP contribution is 2.31. The van der Waals surface area contributed by atoms with Gasteiger partial charge >= 0.3 is 5.97 Å². The van der Waals surface area contributed by atoms with E-state index in [1.165, 1.54) is 0 Å². The molecule has 0 bridgehead atoms. The van der Waals surface area contributed by atoms with Gasteiger partial charge in [-0.05, 0) is 41.2 Å². The zero-order valence-electron chi connectivity index (χ0n) is 11.3. The number of aromatic carboxylic acids is 1. The lowest BCUT2D eigenvalue weighted by atomic mass is 9.89. The van der Waals surface area contributed by atoms with Crippen molar-refractivity contribution in [1.29, 1.82) is 0 Å². The molecule has 0 saturated heterocycles. The second-order valence-electron chi connectivity index (χ2n) is 4.78. The molecule has 0 saturated carbocycles. The van der Waals surface area contributed by atoms with Crippen LogP contribution in [0.5, 0.6) is 0 Å².